The van der Waals surface area contributed by atoms with Crippen LogP contribution in [0.3, 0.4) is 0 Å². The Kier molecular flexibility index (Phi) is 3.58. The Bertz CT molecular complexity index is 714. The van der Waals surface area contributed by atoms with E-state index in [2.05, 4.69) is 31.1 Å². The Morgan fingerprint density at radius 1 is 1.15 bits per heavy atom. The third kappa shape index (κ3) is 2.61. The molecule has 1 unspecified atom stereocenters. The number of nitrogens with two attached hydrogens (primary N) is 1. The van der Waals surface area contributed by atoms with Crippen molar-refractivity contribution in [3.05, 3.63) is 64.7 Å². The molecule has 0 aliphatic carbocycles. The van der Waals surface area contributed by atoms with Crippen LogP contribution in [0.15, 0.2) is 57.8 Å². The van der Waals surface area contributed by atoms with E-state index in [0.29, 0.717) is 11.7 Å². The molecule has 6 heteroatoms. The molecule has 0 spiro atoms. The highest BCUT2D eigenvalue weighted by Gasteiger charge is 2.17. The summed E-state index contributed by atoms with van der Waals surface area (Å²) >= 11 is 3.36. The van der Waals surface area contributed by atoms with Gasteiger partial charge in [-0.25, -0.2) is 0 Å². The number of nitrogens with zero attached hydrogens (tertiary/aromatic N) is 3. The zero-order chi connectivity index (χ0) is 13.9. The third-order valence-electron chi connectivity index (χ3n) is 2.83. The number of hydrogen-bond donors (Lipinski definition) is 1. The lowest BCUT2D eigenvalue weighted by Crippen LogP contribution is -2.11. The summed E-state index contributed by atoms with van der Waals surface area (Å²) in [5.74, 6) is 0.853. The zero-order valence-electron chi connectivity index (χ0n) is 10.4. The van der Waals surface area contributed by atoms with Gasteiger partial charge in [0.05, 0.1) is 0 Å². The zero-order valence-corrected chi connectivity index (χ0v) is 12.0. The number of benzene rings is 1. The molecular weight excluding hydrogens is 320 g/mol. The van der Waals surface area contributed by atoms with Crippen molar-refractivity contribution in [1.82, 2.24) is 15.1 Å². The second kappa shape index (κ2) is 5.52. The van der Waals surface area contributed by atoms with Crippen molar-refractivity contribution in [2.45, 2.75) is 6.04 Å². The molecule has 2 heterocycles. The van der Waals surface area contributed by atoms with Crippen molar-refractivity contribution in [3.63, 3.8) is 0 Å². The molecule has 0 radical (unpaired) electrons. The molecule has 3 aromatic rings. The minimum atomic E-state index is -0.433. The SMILES string of the molecule is NC(c1ccccc1)c1nc(-c2cncc(Br)c2)no1. The van der Waals surface area contributed by atoms with Crippen LogP contribution in [-0.2, 0) is 0 Å². The number of hydrogen-bond acceptors (Lipinski definition) is 5. The molecule has 3 rings (SSSR count). The second-order valence-electron chi connectivity index (χ2n) is 4.24. The van der Waals surface area contributed by atoms with E-state index in [9.17, 15) is 0 Å². The van der Waals surface area contributed by atoms with E-state index >= 15 is 0 Å². The Labute approximate surface area is 124 Å². The summed E-state index contributed by atoms with van der Waals surface area (Å²) in [4.78, 5) is 8.41. The van der Waals surface area contributed by atoms with E-state index in [1.807, 2.05) is 36.4 Å². The summed E-state index contributed by atoms with van der Waals surface area (Å²) in [7, 11) is 0. The van der Waals surface area contributed by atoms with Gasteiger partial charge in [0.25, 0.3) is 0 Å². The van der Waals surface area contributed by atoms with Crippen LogP contribution in [0.5, 0.6) is 0 Å². The predicted molar refractivity (Wildman–Crippen MR) is 77.7 cm³/mol. The van der Waals surface area contributed by atoms with Crippen molar-refractivity contribution >= 4 is 15.9 Å². The first-order chi connectivity index (χ1) is 9.74. The average Bonchev–Trinajstić information content (AvgIpc) is 2.97. The molecule has 0 amide bonds. The maximum absolute atomic E-state index is 6.12. The van der Waals surface area contributed by atoms with Crippen molar-refractivity contribution in [2.24, 2.45) is 5.73 Å². The molecule has 20 heavy (non-hydrogen) atoms. The molecule has 0 aliphatic rings. The fourth-order valence-electron chi connectivity index (χ4n) is 1.82. The third-order valence-corrected chi connectivity index (χ3v) is 3.26. The van der Waals surface area contributed by atoms with Crippen LogP contribution in [0.25, 0.3) is 11.4 Å². The molecule has 0 fully saturated rings. The van der Waals surface area contributed by atoms with Crippen LogP contribution in [0.1, 0.15) is 17.5 Å². The maximum atomic E-state index is 6.12. The fraction of sp³-hybridized carbons (Fsp3) is 0.0714. The average molecular weight is 331 g/mol. The van der Waals surface area contributed by atoms with Gasteiger partial charge in [0.1, 0.15) is 6.04 Å². The number of rotatable bonds is 3. The molecule has 1 aromatic carbocycles. The first-order valence-electron chi connectivity index (χ1n) is 5.99. The lowest BCUT2D eigenvalue weighted by molar-refractivity contribution is 0.367. The van der Waals surface area contributed by atoms with Gasteiger partial charge in [-0.3, -0.25) is 4.98 Å². The molecule has 1 atom stereocenters. The molecule has 2 aromatic heterocycles. The Morgan fingerprint density at radius 3 is 2.70 bits per heavy atom. The normalized spacial score (nSPS) is 12.3. The van der Waals surface area contributed by atoms with E-state index in [-0.39, 0.29) is 0 Å². The van der Waals surface area contributed by atoms with E-state index in [0.717, 1.165) is 15.6 Å². The quantitative estimate of drug-likeness (QED) is 0.798. The van der Waals surface area contributed by atoms with Crippen LogP contribution in [-0.4, -0.2) is 15.1 Å². The molecule has 0 aliphatic heterocycles. The highest BCUT2D eigenvalue weighted by atomic mass is 79.9. The lowest BCUT2D eigenvalue weighted by Gasteiger charge is -2.05. The Hall–Kier alpha value is -2.05. The molecule has 0 saturated heterocycles. The van der Waals surface area contributed by atoms with E-state index in [1.165, 1.54) is 0 Å². The maximum Gasteiger partial charge on any atom is 0.248 e. The summed E-state index contributed by atoms with van der Waals surface area (Å²) in [6, 6.07) is 11.1. The monoisotopic (exact) mass is 330 g/mol. The molecule has 100 valence electrons. The lowest BCUT2D eigenvalue weighted by atomic mass is 10.1. The van der Waals surface area contributed by atoms with Gasteiger partial charge in [-0.1, -0.05) is 35.5 Å². The van der Waals surface area contributed by atoms with Crippen LogP contribution in [0.4, 0.5) is 0 Å². The summed E-state index contributed by atoms with van der Waals surface area (Å²) in [5, 5.41) is 3.95. The molecule has 0 bridgehead atoms. The first kappa shape index (κ1) is 13.0. The van der Waals surface area contributed by atoms with Gasteiger partial charge in [-0.05, 0) is 27.6 Å². The summed E-state index contributed by atoms with van der Waals surface area (Å²) in [5.41, 5.74) is 7.82. The van der Waals surface area contributed by atoms with Gasteiger partial charge in [0.2, 0.25) is 11.7 Å². The minimum absolute atomic E-state index is 0.381. The predicted octanol–water partition coefficient (Wildman–Crippen LogP) is 2.94. The van der Waals surface area contributed by atoms with Crippen molar-refractivity contribution in [3.8, 4) is 11.4 Å². The van der Waals surface area contributed by atoms with E-state index < -0.39 is 6.04 Å². The van der Waals surface area contributed by atoms with Gasteiger partial charge < -0.3 is 10.3 Å². The molecule has 2 N–H and O–H groups in total. The van der Waals surface area contributed by atoms with Crippen molar-refractivity contribution < 1.29 is 4.52 Å². The number of pyridine rings is 1. The Balaban J connectivity index is 1.91. The summed E-state index contributed by atoms with van der Waals surface area (Å²) in [6.45, 7) is 0. The molecule has 0 saturated carbocycles. The number of halogens is 1. The van der Waals surface area contributed by atoms with E-state index in [4.69, 9.17) is 10.3 Å². The van der Waals surface area contributed by atoms with Gasteiger partial charge >= 0.3 is 0 Å². The van der Waals surface area contributed by atoms with Crippen molar-refractivity contribution in [1.29, 1.82) is 0 Å². The summed E-state index contributed by atoms with van der Waals surface area (Å²) < 4.78 is 6.10. The van der Waals surface area contributed by atoms with Gasteiger partial charge in [-0.15, -0.1) is 0 Å². The van der Waals surface area contributed by atoms with E-state index in [1.54, 1.807) is 12.4 Å². The van der Waals surface area contributed by atoms with Crippen LogP contribution >= 0.6 is 15.9 Å². The molecular formula is C14H11BrN4O. The highest BCUT2D eigenvalue weighted by Crippen LogP contribution is 2.22. The topological polar surface area (TPSA) is 77.8 Å². The van der Waals surface area contributed by atoms with Crippen LogP contribution < -0.4 is 5.73 Å². The van der Waals surface area contributed by atoms with Gasteiger partial charge in [0, 0.05) is 22.4 Å². The van der Waals surface area contributed by atoms with Gasteiger partial charge in [-0.2, -0.15) is 4.98 Å². The largest absolute Gasteiger partial charge is 0.337 e. The van der Waals surface area contributed by atoms with Crippen molar-refractivity contribution in [2.75, 3.05) is 0 Å². The van der Waals surface area contributed by atoms with Crippen LogP contribution in [0.2, 0.25) is 0 Å². The first-order valence-corrected chi connectivity index (χ1v) is 6.78. The molecule has 5 nitrogen and oxygen atoms in total. The standard InChI is InChI=1S/C14H11BrN4O/c15-11-6-10(7-17-8-11)13-18-14(20-19-13)12(16)9-4-2-1-3-5-9/h1-8,12H,16H2. The smallest absolute Gasteiger partial charge is 0.248 e. The minimum Gasteiger partial charge on any atom is -0.337 e. The number of aromatic nitrogens is 3. The van der Waals surface area contributed by atoms with Crippen LogP contribution in [0, 0.1) is 0 Å². The summed E-state index contributed by atoms with van der Waals surface area (Å²) in [6.07, 6.45) is 3.37. The fourth-order valence-corrected chi connectivity index (χ4v) is 2.18. The van der Waals surface area contributed by atoms with Gasteiger partial charge in [0.15, 0.2) is 0 Å². The second-order valence-corrected chi connectivity index (χ2v) is 5.15. The highest BCUT2D eigenvalue weighted by molar-refractivity contribution is 9.10. The Morgan fingerprint density at radius 2 is 1.95 bits per heavy atom.